The number of unbranched alkanes of at least 4 members (excludes halogenated alkanes) is 1. The topological polar surface area (TPSA) is 117 Å². The van der Waals surface area contributed by atoms with Gasteiger partial charge in [0.2, 0.25) is 0 Å². The van der Waals surface area contributed by atoms with Gasteiger partial charge in [-0.1, -0.05) is 13.3 Å². The molecule has 0 radical (unpaired) electrons. The van der Waals surface area contributed by atoms with Gasteiger partial charge in [0.15, 0.2) is 5.88 Å². The number of aliphatic hydroxyl groups is 1. The highest BCUT2D eigenvalue weighted by molar-refractivity contribution is 5.21. The molecule has 1 atom stereocenters. The summed E-state index contributed by atoms with van der Waals surface area (Å²) in [5.41, 5.74) is 0.00727. The summed E-state index contributed by atoms with van der Waals surface area (Å²) in [6, 6.07) is 2.64. The zero-order valence-electron chi connectivity index (χ0n) is 9.86. The Morgan fingerprint density at radius 3 is 2.76 bits per heavy atom. The van der Waals surface area contributed by atoms with E-state index in [1.165, 1.54) is 12.1 Å². The largest absolute Gasteiger partial charge is 0.495 e. The molecule has 6 nitrogen and oxygen atoms in total. The summed E-state index contributed by atoms with van der Waals surface area (Å²) in [6.45, 7) is 3.30. The van der Waals surface area contributed by atoms with Crippen LogP contribution in [0.25, 0.3) is 0 Å². The summed E-state index contributed by atoms with van der Waals surface area (Å²) in [5.74, 6) is -0.227. The molecule has 1 heterocycles. The molecule has 0 amide bonds. The molecular weight excluding hydrogens is 224 g/mol. The van der Waals surface area contributed by atoms with E-state index in [-0.39, 0.29) is 11.4 Å². The minimum Gasteiger partial charge on any atom is -0.495 e. The van der Waals surface area contributed by atoms with E-state index in [0.29, 0.717) is 12.1 Å². The van der Waals surface area contributed by atoms with Crippen molar-refractivity contribution in [3.63, 3.8) is 0 Å². The van der Waals surface area contributed by atoms with Gasteiger partial charge in [-0.25, -0.2) is 0 Å². The Kier molecular flexibility index (Phi) is 7.20. The second-order valence-electron chi connectivity index (χ2n) is 3.74. The van der Waals surface area contributed by atoms with Crippen molar-refractivity contribution in [1.29, 1.82) is 0 Å². The molecule has 1 aromatic rings. The standard InChI is InChI=1S/C11H18N2O3.H2O/c1-2-3-4-12-7-9(14)8-5-10(15)13-11(16)6-8;/h5-6,9,12,14H,2-4,7H2,1H3,(H2,13,15,16);1H2. The third kappa shape index (κ3) is 5.48. The Morgan fingerprint density at radius 1 is 1.47 bits per heavy atom. The molecule has 0 spiro atoms. The number of hydrogen-bond donors (Lipinski definition) is 4. The lowest BCUT2D eigenvalue weighted by atomic mass is 10.1. The summed E-state index contributed by atoms with van der Waals surface area (Å²) in [6.07, 6.45) is 1.37. The van der Waals surface area contributed by atoms with Crippen molar-refractivity contribution in [2.75, 3.05) is 13.1 Å². The first-order valence-corrected chi connectivity index (χ1v) is 5.45. The van der Waals surface area contributed by atoms with Crippen molar-refractivity contribution in [1.82, 2.24) is 10.3 Å². The van der Waals surface area contributed by atoms with Crippen molar-refractivity contribution in [3.8, 4) is 5.88 Å². The lowest BCUT2D eigenvalue weighted by Gasteiger charge is -2.11. The molecule has 0 aliphatic heterocycles. The van der Waals surface area contributed by atoms with Crippen LogP contribution in [0, 0.1) is 0 Å². The molecule has 0 aromatic carbocycles. The fourth-order valence-electron chi connectivity index (χ4n) is 1.40. The molecule has 1 unspecified atom stereocenters. The second kappa shape index (κ2) is 7.83. The molecular formula is C11H20N2O4. The molecule has 17 heavy (non-hydrogen) atoms. The first-order valence-electron chi connectivity index (χ1n) is 5.45. The highest BCUT2D eigenvalue weighted by atomic mass is 16.3. The minimum atomic E-state index is -0.773. The maximum Gasteiger partial charge on any atom is 0.251 e. The third-order valence-corrected chi connectivity index (χ3v) is 2.28. The van der Waals surface area contributed by atoms with E-state index in [2.05, 4.69) is 17.2 Å². The SMILES string of the molecule is CCCCNCC(O)c1cc(O)[nH]c(=O)c1.O. The van der Waals surface area contributed by atoms with Crippen LogP contribution in [0.2, 0.25) is 0 Å². The summed E-state index contributed by atoms with van der Waals surface area (Å²) in [7, 11) is 0. The summed E-state index contributed by atoms with van der Waals surface area (Å²) >= 11 is 0. The first-order chi connectivity index (χ1) is 7.63. The van der Waals surface area contributed by atoms with Crippen molar-refractivity contribution >= 4 is 0 Å². The van der Waals surface area contributed by atoms with E-state index in [4.69, 9.17) is 5.11 Å². The number of rotatable bonds is 6. The Morgan fingerprint density at radius 2 is 2.18 bits per heavy atom. The van der Waals surface area contributed by atoms with Crippen LogP contribution in [0.1, 0.15) is 31.4 Å². The number of pyridine rings is 1. The lowest BCUT2D eigenvalue weighted by molar-refractivity contribution is 0.174. The zero-order chi connectivity index (χ0) is 12.0. The predicted octanol–water partition coefficient (Wildman–Crippen LogP) is -0.321. The van der Waals surface area contributed by atoms with Gasteiger partial charge in [0, 0.05) is 18.7 Å². The Balaban J connectivity index is 0.00000256. The quantitative estimate of drug-likeness (QED) is 0.513. The lowest BCUT2D eigenvalue weighted by Crippen LogP contribution is -2.23. The molecule has 0 aliphatic rings. The molecule has 0 saturated heterocycles. The van der Waals surface area contributed by atoms with Crippen LogP contribution in [0.4, 0.5) is 0 Å². The summed E-state index contributed by atoms with van der Waals surface area (Å²) < 4.78 is 0. The second-order valence-corrected chi connectivity index (χ2v) is 3.74. The highest BCUT2D eigenvalue weighted by Crippen LogP contribution is 2.13. The van der Waals surface area contributed by atoms with E-state index in [9.17, 15) is 9.90 Å². The van der Waals surface area contributed by atoms with E-state index in [0.717, 1.165) is 19.4 Å². The number of aromatic amines is 1. The van der Waals surface area contributed by atoms with Crippen molar-refractivity contribution in [2.24, 2.45) is 0 Å². The van der Waals surface area contributed by atoms with Gasteiger partial charge in [-0.15, -0.1) is 0 Å². The average molecular weight is 244 g/mol. The normalized spacial score (nSPS) is 11.9. The van der Waals surface area contributed by atoms with E-state index in [1.807, 2.05) is 0 Å². The van der Waals surface area contributed by atoms with Crippen LogP contribution in [-0.2, 0) is 0 Å². The minimum absolute atomic E-state index is 0. The molecule has 0 fully saturated rings. The third-order valence-electron chi connectivity index (χ3n) is 2.28. The number of aliphatic hydroxyl groups excluding tert-OH is 1. The van der Waals surface area contributed by atoms with Gasteiger partial charge in [-0.3, -0.25) is 9.78 Å². The molecule has 0 aliphatic carbocycles. The summed E-state index contributed by atoms with van der Waals surface area (Å²) in [4.78, 5) is 13.3. The van der Waals surface area contributed by atoms with Crippen LogP contribution in [0.5, 0.6) is 5.88 Å². The molecule has 98 valence electrons. The Bertz CT molecular complexity index is 378. The predicted molar refractivity (Wildman–Crippen MR) is 65.1 cm³/mol. The van der Waals surface area contributed by atoms with Gasteiger partial charge >= 0.3 is 0 Å². The number of aromatic nitrogens is 1. The van der Waals surface area contributed by atoms with E-state index in [1.54, 1.807) is 0 Å². The fourth-order valence-corrected chi connectivity index (χ4v) is 1.40. The number of nitrogens with one attached hydrogen (secondary N) is 2. The van der Waals surface area contributed by atoms with Crippen LogP contribution >= 0.6 is 0 Å². The maximum atomic E-state index is 11.0. The van der Waals surface area contributed by atoms with Gasteiger partial charge in [-0.05, 0) is 18.5 Å². The van der Waals surface area contributed by atoms with Gasteiger partial charge in [0.1, 0.15) is 0 Å². The number of H-pyrrole nitrogens is 1. The molecule has 0 bridgehead atoms. The average Bonchev–Trinajstić information content (AvgIpc) is 2.22. The molecule has 6 N–H and O–H groups in total. The molecule has 6 heteroatoms. The number of aromatic hydroxyl groups is 1. The molecule has 0 saturated carbocycles. The van der Waals surface area contributed by atoms with Crippen molar-refractivity contribution in [3.05, 3.63) is 28.0 Å². The van der Waals surface area contributed by atoms with Gasteiger partial charge in [0.05, 0.1) is 6.10 Å². The van der Waals surface area contributed by atoms with Crippen LogP contribution in [0.3, 0.4) is 0 Å². The van der Waals surface area contributed by atoms with E-state index >= 15 is 0 Å². The highest BCUT2D eigenvalue weighted by Gasteiger charge is 2.08. The van der Waals surface area contributed by atoms with Crippen molar-refractivity contribution < 1.29 is 15.7 Å². The maximum absolute atomic E-state index is 11.0. The van der Waals surface area contributed by atoms with Gasteiger partial charge in [0.25, 0.3) is 5.56 Å². The number of hydrogen-bond acceptors (Lipinski definition) is 4. The summed E-state index contributed by atoms with van der Waals surface area (Å²) in [5, 5.41) is 22.0. The van der Waals surface area contributed by atoms with Gasteiger partial charge in [-0.2, -0.15) is 0 Å². The van der Waals surface area contributed by atoms with Crippen molar-refractivity contribution in [2.45, 2.75) is 25.9 Å². The monoisotopic (exact) mass is 244 g/mol. The zero-order valence-corrected chi connectivity index (χ0v) is 9.86. The molecule has 1 aromatic heterocycles. The Hall–Kier alpha value is -1.37. The van der Waals surface area contributed by atoms with Crippen LogP contribution in [-0.4, -0.2) is 33.8 Å². The fraction of sp³-hybridized carbons (Fsp3) is 0.545. The van der Waals surface area contributed by atoms with Crippen LogP contribution in [0.15, 0.2) is 16.9 Å². The molecule has 1 rings (SSSR count). The van der Waals surface area contributed by atoms with Crippen LogP contribution < -0.4 is 10.9 Å². The Labute approximate surface area is 99.6 Å². The van der Waals surface area contributed by atoms with E-state index < -0.39 is 11.7 Å². The van der Waals surface area contributed by atoms with Gasteiger partial charge < -0.3 is 21.0 Å². The first kappa shape index (κ1) is 15.6. The smallest absolute Gasteiger partial charge is 0.251 e.